The van der Waals surface area contributed by atoms with Crippen LogP contribution in [0.5, 0.6) is 5.75 Å². The number of rotatable bonds is 7. The highest BCUT2D eigenvalue weighted by Crippen LogP contribution is 2.25. The van der Waals surface area contributed by atoms with Crippen LogP contribution < -0.4 is 4.74 Å². The molecule has 3 heterocycles. The molecule has 0 saturated carbocycles. The molecule has 1 atom stereocenters. The monoisotopic (exact) mass is 464 g/mol. The summed E-state index contributed by atoms with van der Waals surface area (Å²) >= 11 is 0. The molecule has 2 fully saturated rings. The minimum atomic E-state index is -0.000933. The first kappa shape index (κ1) is 22.9. The van der Waals surface area contributed by atoms with Gasteiger partial charge in [-0.05, 0) is 36.2 Å². The normalized spacial score (nSPS) is 19.8. The van der Waals surface area contributed by atoms with Gasteiger partial charge >= 0.3 is 0 Å². The van der Waals surface area contributed by atoms with Gasteiger partial charge in [0.1, 0.15) is 17.9 Å². The number of fused-ring (bicyclic) bond motifs is 1. The second-order valence-corrected chi connectivity index (χ2v) is 8.94. The standard InChI is InChI=1S/C27H32N2O5/c30-27(24-5-1-2-6-26(24)34-17-11-28-9-14-31-15-10-28)29-12-16-32-20-21(19-29)18-22-4-3-7-25-23(22)8-13-33-25/h1-8,13,21H,9-12,14-20H2/t21-/m0/s1. The fourth-order valence-electron chi connectivity index (χ4n) is 4.78. The first-order valence-electron chi connectivity index (χ1n) is 12.1. The Morgan fingerprint density at radius 1 is 0.971 bits per heavy atom. The van der Waals surface area contributed by atoms with E-state index in [1.54, 1.807) is 6.26 Å². The summed E-state index contributed by atoms with van der Waals surface area (Å²) in [5.41, 5.74) is 2.73. The van der Waals surface area contributed by atoms with Gasteiger partial charge in [-0.1, -0.05) is 24.3 Å². The molecular weight excluding hydrogens is 432 g/mol. The topological polar surface area (TPSA) is 64.4 Å². The molecule has 1 amide bonds. The highest BCUT2D eigenvalue weighted by Gasteiger charge is 2.26. The van der Waals surface area contributed by atoms with Gasteiger partial charge in [-0.25, -0.2) is 0 Å². The van der Waals surface area contributed by atoms with Crippen molar-refractivity contribution in [2.45, 2.75) is 6.42 Å². The first-order valence-corrected chi connectivity index (χ1v) is 12.1. The number of hydrogen-bond acceptors (Lipinski definition) is 6. The molecule has 7 nitrogen and oxygen atoms in total. The third-order valence-corrected chi connectivity index (χ3v) is 6.61. The first-order chi connectivity index (χ1) is 16.8. The quantitative estimate of drug-likeness (QED) is 0.534. The highest BCUT2D eigenvalue weighted by molar-refractivity contribution is 5.97. The molecule has 0 aliphatic carbocycles. The number of furan rings is 1. The van der Waals surface area contributed by atoms with E-state index in [1.807, 2.05) is 47.4 Å². The van der Waals surface area contributed by atoms with Crippen LogP contribution in [0.1, 0.15) is 15.9 Å². The molecule has 2 saturated heterocycles. The lowest BCUT2D eigenvalue weighted by molar-refractivity contribution is 0.0321. The summed E-state index contributed by atoms with van der Waals surface area (Å²) in [5, 5.41) is 1.13. The molecule has 7 heteroatoms. The summed E-state index contributed by atoms with van der Waals surface area (Å²) in [4.78, 5) is 17.8. The number of morpholine rings is 1. The molecular formula is C27H32N2O5. The number of carbonyl (C=O) groups is 1. The lowest BCUT2D eigenvalue weighted by atomic mass is 9.97. The van der Waals surface area contributed by atoms with Gasteiger partial charge in [-0.3, -0.25) is 9.69 Å². The number of para-hydroxylation sites is 1. The summed E-state index contributed by atoms with van der Waals surface area (Å²) in [6, 6.07) is 15.7. The third kappa shape index (κ3) is 5.43. The van der Waals surface area contributed by atoms with Crippen LogP contribution in [0.4, 0.5) is 0 Å². The van der Waals surface area contributed by atoms with E-state index in [-0.39, 0.29) is 11.8 Å². The smallest absolute Gasteiger partial charge is 0.257 e. The van der Waals surface area contributed by atoms with Gasteiger partial charge in [0.05, 0.1) is 38.3 Å². The van der Waals surface area contributed by atoms with Crippen molar-refractivity contribution in [3.05, 3.63) is 65.9 Å². The zero-order valence-electron chi connectivity index (χ0n) is 19.5. The van der Waals surface area contributed by atoms with E-state index in [1.165, 1.54) is 5.56 Å². The number of nitrogens with zero attached hydrogens (tertiary/aromatic N) is 2. The van der Waals surface area contributed by atoms with E-state index in [9.17, 15) is 4.79 Å². The largest absolute Gasteiger partial charge is 0.491 e. The predicted molar refractivity (Wildman–Crippen MR) is 129 cm³/mol. The van der Waals surface area contributed by atoms with Crippen molar-refractivity contribution >= 4 is 16.9 Å². The van der Waals surface area contributed by atoms with Crippen molar-refractivity contribution in [2.24, 2.45) is 5.92 Å². The number of carbonyl (C=O) groups excluding carboxylic acids is 1. The molecule has 180 valence electrons. The molecule has 0 unspecified atom stereocenters. The van der Waals surface area contributed by atoms with Crippen LogP contribution in [0.3, 0.4) is 0 Å². The highest BCUT2D eigenvalue weighted by atomic mass is 16.5. The Balaban J connectivity index is 1.24. The summed E-state index contributed by atoms with van der Waals surface area (Å²) in [6.45, 7) is 7.15. The van der Waals surface area contributed by atoms with Crippen LogP contribution >= 0.6 is 0 Å². The molecule has 1 aromatic heterocycles. The van der Waals surface area contributed by atoms with E-state index in [0.717, 1.165) is 50.2 Å². The summed E-state index contributed by atoms with van der Waals surface area (Å²) in [7, 11) is 0. The predicted octanol–water partition coefficient (Wildman–Crippen LogP) is 3.48. The van der Waals surface area contributed by atoms with Gasteiger partial charge in [0.25, 0.3) is 5.91 Å². The third-order valence-electron chi connectivity index (χ3n) is 6.61. The van der Waals surface area contributed by atoms with E-state index >= 15 is 0 Å². The van der Waals surface area contributed by atoms with E-state index in [0.29, 0.717) is 44.2 Å². The second kappa shape index (κ2) is 11.0. The van der Waals surface area contributed by atoms with Crippen LogP contribution in [0.2, 0.25) is 0 Å². The molecule has 2 aliphatic rings. The zero-order valence-corrected chi connectivity index (χ0v) is 19.5. The van der Waals surface area contributed by atoms with E-state index < -0.39 is 0 Å². The van der Waals surface area contributed by atoms with Gasteiger partial charge < -0.3 is 23.5 Å². The van der Waals surface area contributed by atoms with Crippen LogP contribution in [-0.4, -0.2) is 81.5 Å². The maximum Gasteiger partial charge on any atom is 0.257 e. The molecule has 2 aliphatic heterocycles. The molecule has 0 bridgehead atoms. The summed E-state index contributed by atoms with van der Waals surface area (Å²) < 4.78 is 22.9. The van der Waals surface area contributed by atoms with Crippen molar-refractivity contribution in [3.63, 3.8) is 0 Å². The Kier molecular flexibility index (Phi) is 7.43. The maximum atomic E-state index is 13.6. The SMILES string of the molecule is O=C(c1ccccc1OCCN1CCOCC1)N1CCOC[C@@H](Cc2cccc3occc23)C1. The maximum absolute atomic E-state index is 13.6. The van der Waals surface area contributed by atoms with Crippen molar-refractivity contribution in [3.8, 4) is 5.75 Å². The van der Waals surface area contributed by atoms with Gasteiger partial charge in [0, 0.05) is 44.0 Å². The lowest BCUT2D eigenvalue weighted by Gasteiger charge is -2.27. The lowest BCUT2D eigenvalue weighted by Crippen LogP contribution is -2.39. The van der Waals surface area contributed by atoms with Crippen molar-refractivity contribution < 1.29 is 23.4 Å². The van der Waals surface area contributed by atoms with Crippen LogP contribution in [-0.2, 0) is 15.9 Å². The van der Waals surface area contributed by atoms with Crippen molar-refractivity contribution in [1.82, 2.24) is 9.80 Å². The number of ether oxygens (including phenoxy) is 3. The van der Waals surface area contributed by atoms with Crippen molar-refractivity contribution in [1.29, 1.82) is 0 Å². The number of amides is 1. The minimum absolute atomic E-state index is 0.000933. The second-order valence-electron chi connectivity index (χ2n) is 8.94. The Hall–Kier alpha value is -2.87. The molecule has 5 rings (SSSR count). The molecule has 3 aromatic rings. The molecule has 0 radical (unpaired) electrons. The number of benzene rings is 2. The van der Waals surface area contributed by atoms with Crippen LogP contribution in [0.15, 0.2) is 59.2 Å². The molecule has 0 spiro atoms. The zero-order chi connectivity index (χ0) is 23.2. The Morgan fingerprint density at radius 2 is 1.82 bits per heavy atom. The Morgan fingerprint density at radius 3 is 2.74 bits per heavy atom. The number of hydrogen-bond donors (Lipinski definition) is 0. The summed E-state index contributed by atoms with van der Waals surface area (Å²) in [6.07, 6.45) is 2.56. The average Bonchev–Trinajstić information content (AvgIpc) is 3.24. The molecule has 0 N–H and O–H groups in total. The van der Waals surface area contributed by atoms with Crippen LogP contribution in [0.25, 0.3) is 11.0 Å². The Labute approximate surface area is 200 Å². The van der Waals surface area contributed by atoms with Gasteiger partial charge in [0.15, 0.2) is 0 Å². The van der Waals surface area contributed by atoms with Gasteiger partial charge in [-0.15, -0.1) is 0 Å². The Bertz CT molecular complexity index is 1090. The van der Waals surface area contributed by atoms with Crippen molar-refractivity contribution in [2.75, 3.05) is 65.8 Å². The average molecular weight is 465 g/mol. The van der Waals surface area contributed by atoms with Gasteiger partial charge in [0.2, 0.25) is 0 Å². The fraction of sp³-hybridized carbons (Fsp3) is 0.444. The fourth-order valence-corrected chi connectivity index (χ4v) is 4.78. The molecule has 2 aromatic carbocycles. The molecule has 34 heavy (non-hydrogen) atoms. The minimum Gasteiger partial charge on any atom is -0.491 e. The van der Waals surface area contributed by atoms with Crippen LogP contribution in [0, 0.1) is 5.92 Å². The van der Waals surface area contributed by atoms with E-state index in [2.05, 4.69) is 11.0 Å². The van der Waals surface area contributed by atoms with E-state index in [4.69, 9.17) is 18.6 Å². The van der Waals surface area contributed by atoms with Gasteiger partial charge in [-0.2, -0.15) is 0 Å². The summed E-state index contributed by atoms with van der Waals surface area (Å²) in [5.74, 6) is 0.853.